The fraction of sp³-hybridized carbons (Fsp3) is 0.455. The van der Waals surface area contributed by atoms with Crippen molar-refractivity contribution in [3.63, 3.8) is 0 Å². The maximum atomic E-state index is 10.4. The average Bonchev–Trinajstić information content (AvgIpc) is 2.82. The highest BCUT2D eigenvalue weighted by Gasteiger charge is 2.53. The average molecular weight is 354 g/mol. The Balaban J connectivity index is 2.38. The summed E-state index contributed by atoms with van der Waals surface area (Å²) in [6.07, 6.45) is 0.901. The SMILES string of the molecule is CC(C)C1(C)CC(c2ccc(O)c(N)c2)(C(C)C)c2cc(O)c(N)cc21. The summed E-state index contributed by atoms with van der Waals surface area (Å²) in [7, 11) is 0. The number of phenolic OH excluding ortho intramolecular Hbond substituents is 2. The van der Waals surface area contributed by atoms with Gasteiger partial charge in [-0.05, 0) is 64.6 Å². The molecule has 4 nitrogen and oxygen atoms in total. The highest BCUT2D eigenvalue weighted by molar-refractivity contribution is 5.65. The fourth-order valence-corrected chi connectivity index (χ4v) is 4.67. The molecule has 0 aromatic heterocycles. The molecule has 0 radical (unpaired) electrons. The molecule has 1 aliphatic carbocycles. The number of fused-ring (bicyclic) bond motifs is 1. The molecular weight excluding hydrogens is 324 g/mol. The first-order chi connectivity index (χ1) is 12.0. The van der Waals surface area contributed by atoms with E-state index in [1.54, 1.807) is 6.07 Å². The number of hydrogen-bond acceptors (Lipinski definition) is 4. The number of nitrogens with two attached hydrogens (primary N) is 2. The molecule has 2 aromatic rings. The monoisotopic (exact) mass is 354 g/mol. The van der Waals surface area contributed by atoms with E-state index in [4.69, 9.17) is 11.5 Å². The van der Waals surface area contributed by atoms with Gasteiger partial charge >= 0.3 is 0 Å². The van der Waals surface area contributed by atoms with Gasteiger partial charge in [0, 0.05) is 5.41 Å². The molecule has 140 valence electrons. The quantitative estimate of drug-likeness (QED) is 0.481. The highest BCUT2D eigenvalue weighted by Crippen LogP contribution is 2.60. The first-order valence-electron chi connectivity index (χ1n) is 9.26. The van der Waals surface area contributed by atoms with E-state index in [0.29, 0.717) is 17.3 Å². The molecule has 0 saturated carbocycles. The van der Waals surface area contributed by atoms with Crippen LogP contribution in [0.5, 0.6) is 11.5 Å². The summed E-state index contributed by atoms with van der Waals surface area (Å²) in [6, 6.07) is 9.27. The van der Waals surface area contributed by atoms with E-state index < -0.39 is 0 Å². The molecule has 0 spiro atoms. The summed E-state index contributed by atoms with van der Waals surface area (Å²) >= 11 is 0. The van der Waals surface area contributed by atoms with Gasteiger partial charge in [0.15, 0.2) is 0 Å². The van der Waals surface area contributed by atoms with Gasteiger partial charge in [-0.2, -0.15) is 0 Å². The van der Waals surface area contributed by atoms with Crippen molar-refractivity contribution >= 4 is 11.4 Å². The number of aromatic hydroxyl groups is 2. The van der Waals surface area contributed by atoms with Crippen LogP contribution in [0.25, 0.3) is 0 Å². The van der Waals surface area contributed by atoms with E-state index in [2.05, 4.69) is 34.6 Å². The number of rotatable bonds is 3. The molecule has 2 atom stereocenters. The Morgan fingerprint density at radius 3 is 2.00 bits per heavy atom. The van der Waals surface area contributed by atoms with Gasteiger partial charge in [-0.25, -0.2) is 0 Å². The molecule has 0 heterocycles. The molecule has 26 heavy (non-hydrogen) atoms. The standard InChI is InChI=1S/C22H30N2O2/c1-12(2)21(5)11-22(13(3)4,14-6-7-19(25)17(23)8-14)16-10-20(26)18(24)9-15(16)21/h6-10,12-13,25-26H,11,23-24H2,1-5H3. The van der Waals surface area contributed by atoms with Crippen LogP contribution in [0.1, 0.15) is 57.7 Å². The molecule has 1 aliphatic rings. The normalized spacial score (nSPS) is 25.0. The largest absolute Gasteiger partial charge is 0.506 e. The van der Waals surface area contributed by atoms with Crippen LogP contribution in [0.3, 0.4) is 0 Å². The van der Waals surface area contributed by atoms with Crippen molar-refractivity contribution in [2.24, 2.45) is 11.8 Å². The van der Waals surface area contributed by atoms with Crippen molar-refractivity contribution < 1.29 is 10.2 Å². The zero-order valence-corrected chi connectivity index (χ0v) is 16.3. The predicted octanol–water partition coefficient (Wildman–Crippen LogP) is 4.52. The second-order valence-corrected chi connectivity index (χ2v) is 8.61. The maximum absolute atomic E-state index is 10.4. The van der Waals surface area contributed by atoms with Gasteiger partial charge < -0.3 is 21.7 Å². The zero-order chi connectivity index (χ0) is 19.4. The van der Waals surface area contributed by atoms with Gasteiger partial charge in [-0.15, -0.1) is 0 Å². The lowest BCUT2D eigenvalue weighted by molar-refractivity contribution is 0.252. The number of anilines is 2. The highest BCUT2D eigenvalue weighted by atomic mass is 16.3. The van der Waals surface area contributed by atoms with Gasteiger partial charge in [0.1, 0.15) is 11.5 Å². The lowest BCUT2D eigenvalue weighted by Crippen LogP contribution is -2.35. The Hall–Kier alpha value is -2.36. The number of phenols is 2. The lowest BCUT2D eigenvalue weighted by Gasteiger charge is -2.39. The van der Waals surface area contributed by atoms with Gasteiger partial charge in [-0.1, -0.05) is 40.7 Å². The molecule has 6 N–H and O–H groups in total. The molecule has 2 aromatic carbocycles. The van der Waals surface area contributed by atoms with E-state index in [-0.39, 0.29) is 28.2 Å². The molecule has 0 fully saturated rings. The molecule has 0 amide bonds. The van der Waals surface area contributed by atoms with Gasteiger partial charge in [0.25, 0.3) is 0 Å². The van der Waals surface area contributed by atoms with Crippen molar-refractivity contribution in [1.82, 2.24) is 0 Å². The molecule has 0 aliphatic heterocycles. The first-order valence-corrected chi connectivity index (χ1v) is 9.26. The third-order valence-electron chi connectivity index (χ3n) is 6.71. The molecule has 3 rings (SSSR count). The number of hydrogen-bond donors (Lipinski definition) is 4. The fourth-order valence-electron chi connectivity index (χ4n) is 4.67. The minimum atomic E-state index is -0.304. The van der Waals surface area contributed by atoms with Crippen molar-refractivity contribution in [2.75, 3.05) is 11.5 Å². The Morgan fingerprint density at radius 1 is 0.846 bits per heavy atom. The van der Waals surface area contributed by atoms with Crippen LogP contribution in [-0.4, -0.2) is 10.2 Å². The second kappa shape index (κ2) is 5.83. The van der Waals surface area contributed by atoms with Crippen LogP contribution in [-0.2, 0) is 10.8 Å². The Bertz CT molecular complexity index is 859. The van der Waals surface area contributed by atoms with Crippen LogP contribution < -0.4 is 11.5 Å². The smallest absolute Gasteiger partial charge is 0.138 e. The summed E-state index contributed by atoms with van der Waals surface area (Å²) in [6.45, 7) is 11.1. The van der Waals surface area contributed by atoms with E-state index in [0.717, 1.165) is 17.5 Å². The summed E-state index contributed by atoms with van der Waals surface area (Å²) in [4.78, 5) is 0. The molecular formula is C22H30N2O2. The van der Waals surface area contributed by atoms with Gasteiger partial charge in [-0.3, -0.25) is 0 Å². The Kier molecular flexibility index (Phi) is 4.13. The van der Waals surface area contributed by atoms with Crippen LogP contribution in [0, 0.1) is 11.8 Å². The molecule has 0 saturated heterocycles. The van der Waals surface area contributed by atoms with Crippen molar-refractivity contribution in [3.05, 3.63) is 47.0 Å². The van der Waals surface area contributed by atoms with Crippen LogP contribution in [0.4, 0.5) is 11.4 Å². The Morgan fingerprint density at radius 2 is 1.46 bits per heavy atom. The predicted molar refractivity (Wildman–Crippen MR) is 107 cm³/mol. The first kappa shape index (κ1) is 18.4. The second-order valence-electron chi connectivity index (χ2n) is 8.61. The number of nitrogen functional groups attached to an aromatic ring is 2. The summed E-state index contributed by atoms with van der Waals surface area (Å²) in [5.41, 5.74) is 15.9. The minimum absolute atomic E-state index is 0.0753. The summed E-state index contributed by atoms with van der Waals surface area (Å²) in [5.74, 6) is 0.889. The van der Waals surface area contributed by atoms with Crippen molar-refractivity contribution in [1.29, 1.82) is 0 Å². The minimum Gasteiger partial charge on any atom is -0.506 e. The molecule has 0 bridgehead atoms. The lowest BCUT2D eigenvalue weighted by atomic mass is 9.64. The third kappa shape index (κ3) is 2.35. The maximum Gasteiger partial charge on any atom is 0.138 e. The van der Waals surface area contributed by atoms with Crippen LogP contribution >= 0.6 is 0 Å². The van der Waals surface area contributed by atoms with E-state index in [1.807, 2.05) is 24.3 Å². The van der Waals surface area contributed by atoms with Gasteiger partial charge in [0.2, 0.25) is 0 Å². The number of benzene rings is 2. The summed E-state index contributed by atoms with van der Waals surface area (Å²) < 4.78 is 0. The third-order valence-corrected chi connectivity index (χ3v) is 6.71. The van der Waals surface area contributed by atoms with Crippen molar-refractivity contribution in [2.45, 2.75) is 51.9 Å². The van der Waals surface area contributed by atoms with E-state index in [9.17, 15) is 10.2 Å². The van der Waals surface area contributed by atoms with E-state index >= 15 is 0 Å². The van der Waals surface area contributed by atoms with E-state index in [1.165, 1.54) is 5.56 Å². The Labute approximate surface area is 155 Å². The van der Waals surface area contributed by atoms with Crippen molar-refractivity contribution in [3.8, 4) is 11.5 Å². The summed E-state index contributed by atoms with van der Waals surface area (Å²) in [5, 5.41) is 20.3. The van der Waals surface area contributed by atoms with Crippen LogP contribution in [0.2, 0.25) is 0 Å². The molecule has 4 heteroatoms. The zero-order valence-electron chi connectivity index (χ0n) is 16.3. The van der Waals surface area contributed by atoms with Crippen LogP contribution in [0.15, 0.2) is 30.3 Å². The topological polar surface area (TPSA) is 92.5 Å². The van der Waals surface area contributed by atoms with Gasteiger partial charge in [0.05, 0.1) is 11.4 Å². The molecule has 2 unspecified atom stereocenters.